The van der Waals surface area contributed by atoms with Gasteiger partial charge in [0, 0.05) is 22.0 Å². The van der Waals surface area contributed by atoms with Crippen LogP contribution in [0, 0.1) is 12.8 Å². The summed E-state index contributed by atoms with van der Waals surface area (Å²) in [5.74, 6) is 0.265. The molecule has 142 valence electrons. The van der Waals surface area contributed by atoms with Crippen LogP contribution in [0.15, 0.2) is 42.5 Å². The van der Waals surface area contributed by atoms with Crippen molar-refractivity contribution in [2.45, 2.75) is 50.1 Å². The number of aryl methyl sites for hydroxylation is 1. The Bertz CT molecular complexity index is 882. The summed E-state index contributed by atoms with van der Waals surface area (Å²) in [6, 6.07) is 14.2. The van der Waals surface area contributed by atoms with Crippen molar-refractivity contribution in [1.82, 2.24) is 5.32 Å². The molecule has 2 aromatic rings. The number of hydrogen-bond donors (Lipinski definition) is 2. The van der Waals surface area contributed by atoms with Crippen molar-refractivity contribution in [2.75, 3.05) is 0 Å². The molecule has 4 rings (SSSR count). The first kappa shape index (κ1) is 18.8. The summed E-state index contributed by atoms with van der Waals surface area (Å²) in [6.07, 6.45) is 1.48. The van der Waals surface area contributed by atoms with Crippen LogP contribution >= 0.6 is 23.2 Å². The van der Waals surface area contributed by atoms with E-state index in [4.69, 9.17) is 28.9 Å². The molecule has 1 heterocycles. The standard InChI is InChI=1S/C22H24Cl2N2O/c1-12-3-8-16(18(24)11-12)17-9-10-22(25)20(13(2)26-21(22)27)19(17)14-4-6-15(23)7-5-14/h3-8,11,13,17,19-20H,9-10,25H2,1-2H3,(H,26,27)/t13-,17+,19+,20+,22+/m1/s1. The molecule has 0 spiro atoms. The average Bonchev–Trinajstić information content (AvgIpc) is 2.85. The van der Waals surface area contributed by atoms with Crippen molar-refractivity contribution in [3.8, 4) is 0 Å². The van der Waals surface area contributed by atoms with Crippen LogP contribution in [0.2, 0.25) is 10.0 Å². The number of rotatable bonds is 2. The second kappa shape index (κ2) is 6.80. The molecule has 0 radical (unpaired) electrons. The number of nitrogens with two attached hydrogens (primary N) is 1. The van der Waals surface area contributed by atoms with Gasteiger partial charge in [0.25, 0.3) is 0 Å². The highest BCUT2D eigenvalue weighted by Crippen LogP contribution is 2.54. The summed E-state index contributed by atoms with van der Waals surface area (Å²) in [7, 11) is 0. The molecule has 1 amide bonds. The molecule has 3 nitrogen and oxygen atoms in total. The fraction of sp³-hybridized carbons (Fsp3) is 0.409. The lowest BCUT2D eigenvalue weighted by Crippen LogP contribution is -2.56. The zero-order valence-corrected chi connectivity index (χ0v) is 17.0. The van der Waals surface area contributed by atoms with Crippen LogP contribution in [-0.2, 0) is 4.79 Å². The minimum atomic E-state index is -0.836. The van der Waals surface area contributed by atoms with E-state index >= 15 is 0 Å². The van der Waals surface area contributed by atoms with Gasteiger partial charge in [0.05, 0.1) is 0 Å². The minimum Gasteiger partial charge on any atom is -0.352 e. The number of amides is 1. The largest absolute Gasteiger partial charge is 0.352 e. The maximum Gasteiger partial charge on any atom is 0.240 e. The molecule has 2 fully saturated rings. The maximum absolute atomic E-state index is 12.6. The molecule has 1 aliphatic carbocycles. The summed E-state index contributed by atoms with van der Waals surface area (Å²) >= 11 is 12.8. The third-order valence-corrected chi connectivity index (χ3v) is 6.99. The van der Waals surface area contributed by atoms with E-state index in [0.717, 1.165) is 28.1 Å². The Balaban J connectivity index is 1.85. The van der Waals surface area contributed by atoms with Crippen molar-refractivity contribution in [2.24, 2.45) is 11.7 Å². The third kappa shape index (κ3) is 3.06. The summed E-state index contributed by atoms with van der Waals surface area (Å²) in [5.41, 5.74) is 9.28. The number of halogens is 2. The predicted molar refractivity (Wildman–Crippen MR) is 110 cm³/mol. The lowest BCUT2D eigenvalue weighted by atomic mass is 9.59. The fourth-order valence-corrected chi connectivity index (χ4v) is 5.67. The monoisotopic (exact) mass is 402 g/mol. The Morgan fingerprint density at radius 2 is 1.85 bits per heavy atom. The van der Waals surface area contributed by atoms with Gasteiger partial charge in [-0.2, -0.15) is 0 Å². The van der Waals surface area contributed by atoms with Crippen LogP contribution in [0.1, 0.15) is 48.3 Å². The zero-order valence-electron chi connectivity index (χ0n) is 15.5. The van der Waals surface area contributed by atoms with E-state index in [-0.39, 0.29) is 29.7 Å². The average molecular weight is 403 g/mol. The lowest BCUT2D eigenvalue weighted by molar-refractivity contribution is -0.125. The van der Waals surface area contributed by atoms with E-state index in [1.54, 1.807) is 0 Å². The molecule has 5 heteroatoms. The van der Waals surface area contributed by atoms with Crippen LogP contribution in [0.3, 0.4) is 0 Å². The maximum atomic E-state index is 12.6. The van der Waals surface area contributed by atoms with Crippen LogP contribution in [-0.4, -0.2) is 17.5 Å². The number of benzene rings is 2. The van der Waals surface area contributed by atoms with E-state index in [1.165, 1.54) is 0 Å². The highest BCUT2D eigenvalue weighted by molar-refractivity contribution is 6.31. The Morgan fingerprint density at radius 1 is 1.15 bits per heavy atom. The number of carbonyl (C=O) groups excluding carboxylic acids is 1. The van der Waals surface area contributed by atoms with Gasteiger partial charge in [0.1, 0.15) is 5.54 Å². The molecular formula is C22H24Cl2N2O. The van der Waals surface area contributed by atoms with Crippen LogP contribution in [0.5, 0.6) is 0 Å². The molecule has 1 aliphatic heterocycles. The van der Waals surface area contributed by atoms with E-state index in [2.05, 4.69) is 36.5 Å². The van der Waals surface area contributed by atoms with Gasteiger partial charge in [-0.1, -0.05) is 47.5 Å². The summed E-state index contributed by atoms with van der Waals surface area (Å²) < 4.78 is 0. The van der Waals surface area contributed by atoms with Gasteiger partial charge in [-0.25, -0.2) is 0 Å². The van der Waals surface area contributed by atoms with E-state index in [0.29, 0.717) is 11.4 Å². The molecule has 2 aliphatic rings. The number of carbonyl (C=O) groups is 1. The molecule has 1 saturated heterocycles. The van der Waals surface area contributed by atoms with Gasteiger partial charge in [-0.3, -0.25) is 4.79 Å². The molecule has 27 heavy (non-hydrogen) atoms. The molecule has 0 bridgehead atoms. The Hall–Kier alpha value is -1.55. The van der Waals surface area contributed by atoms with Crippen LogP contribution in [0.4, 0.5) is 0 Å². The van der Waals surface area contributed by atoms with Crippen molar-refractivity contribution in [3.05, 3.63) is 69.2 Å². The van der Waals surface area contributed by atoms with Crippen molar-refractivity contribution >= 4 is 29.1 Å². The SMILES string of the molecule is Cc1ccc([C@@H]2CC[C@@]3(N)C(=O)N[C@H](C)[C@H]3[C@H]2c2ccc(Cl)cc2)c(Cl)c1. The molecule has 0 unspecified atom stereocenters. The first-order valence-corrected chi connectivity index (χ1v) is 10.2. The van der Waals surface area contributed by atoms with E-state index in [1.807, 2.05) is 25.1 Å². The van der Waals surface area contributed by atoms with Gasteiger partial charge < -0.3 is 11.1 Å². The number of hydrogen-bond acceptors (Lipinski definition) is 2. The van der Waals surface area contributed by atoms with E-state index < -0.39 is 5.54 Å². The van der Waals surface area contributed by atoms with Gasteiger partial charge in [0.15, 0.2) is 0 Å². The summed E-state index contributed by atoms with van der Waals surface area (Å²) in [6.45, 7) is 4.10. The van der Waals surface area contributed by atoms with Crippen LogP contribution in [0.25, 0.3) is 0 Å². The highest BCUT2D eigenvalue weighted by Gasteiger charge is 2.58. The Labute approximate surface area is 170 Å². The van der Waals surface area contributed by atoms with Gasteiger partial charge in [0.2, 0.25) is 5.91 Å². The molecule has 2 aromatic carbocycles. The summed E-state index contributed by atoms with van der Waals surface area (Å²) in [4.78, 5) is 12.6. The van der Waals surface area contributed by atoms with Gasteiger partial charge in [-0.05, 0) is 73.4 Å². The minimum absolute atomic E-state index is 0.00213. The smallest absolute Gasteiger partial charge is 0.240 e. The molecule has 0 aromatic heterocycles. The second-order valence-corrected chi connectivity index (χ2v) is 8.92. The number of nitrogens with one attached hydrogen (secondary N) is 1. The lowest BCUT2D eigenvalue weighted by Gasteiger charge is -2.46. The quantitative estimate of drug-likeness (QED) is 0.757. The van der Waals surface area contributed by atoms with Crippen LogP contribution < -0.4 is 11.1 Å². The molecule has 3 N–H and O–H groups in total. The van der Waals surface area contributed by atoms with E-state index in [9.17, 15) is 4.79 Å². The number of fused-ring (bicyclic) bond motifs is 1. The molecule has 5 atom stereocenters. The van der Waals surface area contributed by atoms with Crippen molar-refractivity contribution in [3.63, 3.8) is 0 Å². The second-order valence-electron chi connectivity index (χ2n) is 8.08. The predicted octanol–water partition coefficient (Wildman–Crippen LogP) is 4.80. The van der Waals surface area contributed by atoms with Crippen molar-refractivity contribution < 1.29 is 4.79 Å². The van der Waals surface area contributed by atoms with Gasteiger partial charge in [-0.15, -0.1) is 0 Å². The Kier molecular flexibility index (Phi) is 4.74. The molecule has 1 saturated carbocycles. The normalized spacial score (nSPS) is 32.9. The molecular weight excluding hydrogens is 379 g/mol. The third-order valence-electron chi connectivity index (χ3n) is 6.41. The zero-order chi connectivity index (χ0) is 19.3. The first-order valence-electron chi connectivity index (χ1n) is 9.42. The van der Waals surface area contributed by atoms with Crippen molar-refractivity contribution in [1.29, 1.82) is 0 Å². The van der Waals surface area contributed by atoms with Gasteiger partial charge >= 0.3 is 0 Å². The summed E-state index contributed by atoms with van der Waals surface area (Å²) in [5, 5.41) is 4.57. The fourth-order valence-electron chi connectivity index (χ4n) is 5.17. The highest BCUT2D eigenvalue weighted by atomic mass is 35.5. The first-order chi connectivity index (χ1) is 12.8. The Morgan fingerprint density at radius 3 is 2.52 bits per heavy atom. The topological polar surface area (TPSA) is 55.1 Å².